The van der Waals surface area contributed by atoms with Crippen LogP contribution >= 0.6 is 0 Å². The van der Waals surface area contributed by atoms with E-state index in [9.17, 15) is 0 Å². The maximum atomic E-state index is 5.06. The highest BCUT2D eigenvalue weighted by molar-refractivity contribution is 5.73. The third-order valence-corrected chi connectivity index (χ3v) is 2.71. The first-order chi connectivity index (χ1) is 9.26. The highest BCUT2D eigenvalue weighted by atomic mass is 16.5. The Morgan fingerprint density at radius 3 is 3.00 bits per heavy atom. The van der Waals surface area contributed by atoms with Crippen LogP contribution in [0.1, 0.15) is 18.6 Å². The minimum Gasteiger partial charge on any atom is -0.339 e. The fourth-order valence-electron chi connectivity index (χ4n) is 1.69. The van der Waals surface area contributed by atoms with Crippen molar-refractivity contribution in [3.05, 3.63) is 24.1 Å². The van der Waals surface area contributed by atoms with Crippen molar-refractivity contribution in [3.63, 3.8) is 0 Å². The van der Waals surface area contributed by atoms with Gasteiger partial charge in [-0.3, -0.25) is 5.10 Å². The summed E-state index contributed by atoms with van der Waals surface area (Å²) in [5.74, 6) is 1.83. The number of anilines is 1. The van der Waals surface area contributed by atoms with Gasteiger partial charge in [-0.1, -0.05) is 12.1 Å². The van der Waals surface area contributed by atoms with Crippen LogP contribution in [0.15, 0.2) is 16.9 Å². The topological polar surface area (TPSA) is 96.6 Å². The van der Waals surface area contributed by atoms with Crippen molar-refractivity contribution in [2.75, 3.05) is 11.9 Å². The highest BCUT2D eigenvalue weighted by Crippen LogP contribution is 2.13. The van der Waals surface area contributed by atoms with E-state index in [1.165, 1.54) is 0 Å². The fraction of sp³-hybridized carbons (Fsp3) is 0.364. The zero-order chi connectivity index (χ0) is 13.2. The van der Waals surface area contributed by atoms with Crippen molar-refractivity contribution in [3.8, 4) is 0 Å². The lowest BCUT2D eigenvalue weighted by Gasteiger charge is -2.13. The molecule has 8 nitrogen and oxygen atoms in total. The van der Waals surface area contributed by atoms with E-state index in [-0.39, 0.29) is 0 Å². The van der Waals surface area contributed by atoms with E-state index in [0.29, 0.717) is 29.9 Å². The van der Waals surface area contributed by atoms with E-state index in [4.69, 9.17) is 4.52 Å². The second-order valence-electron chi connectivity index (χ2n) is 4.16. The Balaban J connectivity index is 1.80. The third kappa shape index (κ3) is 2.24. The third-order valence-electron chi connectivity index (χ3n) is 2.71. The van der Waals surface area contributed by atoms with Crippen LogP contribution in [-0.4, -0.2) is 37.4 Å². The van der Waals surface area contributed by atoms with Gasteiger partial charge in [0, 0.05) is 19.7 Å². The first-order valence-corrected chi connectivity index (χ1v) is 5.95. The molecule has 3 aromatic rings. The van der Waals surface area contributed by atoms with Crippen LogP contribution in [0.25, 0.3) is 11.0 Å². The van der Waals surface area contributed by atoms with Gasteiger partial charge in [-0.05, 0) is 0 Å². The van der Waals surface area contributed by atoms with E-state index in [1.54, 1.807) is 12.4 Å². The molecule has 8 heteroatoms. The quantitative estimate of drug-likeness (QED) is 0.744. The maximum absolute atomic E-state index is 5.06. The molecule has 0 saturated carbocycles. The summed E-state index contributed by atoms with van der Waals surface area (Å²) in [5.41, 5.74) is 0.708. The van der Waals surface area contributed by atoms with Crippen molar-refractivity contribution in [2.45, 2.75) is 19.9 Å². The normalized spacial score (nSPS) is 11.1. The predicted molar refractivity (Wildman–Crippen MR) is 67.5 cm³/mol. The molecule has 19 heavy (non-hydrogen) atoms. The summed E-state index contributed by atoms with van der Waals surface area (Å²) in [6, 6.07) is 0. The molecular weight excluding hydrogens is 246 g/mol. The number of nitrogens with one attached hydrogen (secondary N) is 1. The Bertz CT molecular complexity index is 689. The number of hydrogen-bond donors (Lipinski definition) is 1. The molecule has 0 amide bonds. The molecule has 3 aromatic heterocycles. The average molecular weight is 259 g/mol. The van der Waals surface area contributed by atoms with E-state index < -0.39 is 0 Å². The van der Waals surface area contributed by atoms with Gasteiger partial charge in [0.25, 0.3) is 0 Å². The van der Waals surface area contributed by atoms with Gasteiger partial charge >= 0.3 is 0 Å². The maximum Gasteiger partial charge on any atom is 0.227 e. The molecule has 3 heterocycles. The monoisotopic (exact) mass is 259 g/mol. The molecule has 0 atom stereocenters. The number of nitrogens with zero attached hydrogens (tertiary/aromatic N) is 6. The molecular formula is C11H13N7O. The van der Waals surface area contributed by atoms with Crippen molar-refractivity contribution in [1.29, 1.82) is 0 Å². The van der Waals surface area contributed by atoms with Crippen molar-refractivity contribution in [2.24, 2.45) is 0 Å². The Morgan fingerprint density at radius 2 is 2.21 bits per heavy atom. The Labute approximate surface area is 108 Å². The van der Waals surface area contributed by atoms with Gasteiger partial charge in [0.1, 0.15) is 0 Å². The van der Waals surface area contributed by atoms with E-state index in [1.807, 2.05) is 18.9 Å². The second kappa shape index (κ2) is 4.63. The Hall–Kier alpha value is -2.51. The summed E-state index contributed by atoms with van der Waals surface area (Å²) in [4.78, 5) is 14.7. The van der Waals surface area contributed by atoms with Gasteiger partial charge in [0.05, 0.1) is 18.1 Å². The van der Waals surface area contributed by atoms with Crippen LogP contribution in [0.2, 0.25) is 0 Å². The van der Waals surface area contributed by atoms with Crippen LogP contribution in [0.4, 0.5) is 5.95 Å². The lowest BCUT2D eigenvalue weighted by molar-refractivity contribution is 0.376. The van der Waals surface area contributed by atoms with Crippen LogP contribution in [0.5, 0.6) is 0 Å². The average Bonchev–Trinajstić information content (AvgIpc) is 3.05. The Kier molecular flexibility index (Phi) is 2.82. The number of aromatic amines is 1. The standard InChI is InChI=1S/C11H13N7O/c1-3-9-14-8(17-19-9)6-18(2)11-12-4-7-5-13-16-10(7)15-11/h4-5H,3,6H2,1-2H3,(H,12,13,15,16). The molecule has 0 bridgehead atoms. The van der Waals surface area contributed by atoms with Crippen molar-refractivity contribution in [1.82, 2.24) is 30.3 Å². The first kappa shape index (κ1) is 11.6. The Morgan fingerprint density at radius 1 is 1.32 bits per heavy atom. The molecule has 1 N–H and O–H groups in total. The first-order valence-electron chi connectivity index (χ1n) is 5.95. The summed E-state index contributed by atoms with van der Waals surface area (Å²) in [7, 11) is 1.87. The number of aromatic nitrogens is 6. The van der Waals surface area contributed by atoms with Crippen LogP contribution in [-0.2, 0) is 13.0 Å². The van der Waals surface area contributed by atoms with Gasteiger partial charge < -0.3 is 9.42 Å². The summed E-state index contributed by atoms with van der Waals surface area (Å²) < 4.78 is 5.06. The van der Waals surface area contributed by atoms with Crippen LogP contribution in [0.3, 0.4) is 0 Å². The number of fused-ring (bicyclic) bond motifs is 1. The molecule has 0 aliphatic heterocycles. The number of H-pyrrole nitrogens is 1. The minimum absolute atomic E-state index is 0.489. The number of rotatable bonds is 4. The van der Waals surface area contributed by atoms with Crippen molar-refractivity contribution < 1.29 is 4.52 Å². The lowest BCUT2D eigenvalue weighted by atomic mass is 10.4. The lowest BCUT2D eigenvalue weighted by Crippen LogP contribution is -2.19. The highest BCUT2D eigenvalue weighted by Gasteiger charge is 2.11. The number of aryl methyl sites for hydroxylation is 1. The summed E-state index contributed by atoms with van der Waals surface area (Å²) >= 11 is 0. The molecule has 0 fully saturated rings. The summed E-state index contributed by atoms with van der Waals surface area (Å²) in [6.45, 7) is 2.46. The molecule has 98 valence electrons. The molecule has 0 spiro atoms. The summed E-state index contributed by atoms with van der Waals surface area (Å²) in [5, 5.41) is 11.5. The van der Waals surface area contributed by atoms with Crippen molar-refractivity contribution >= 4 is 17.0 Å². The molecule has 0 aliphatic rings. The van der Waals surface area contributed by atoms with Gasteiger partial charge in [-0.2, -0.15) is 15.1 Å². The molecule has 0 aliphatic carbocycles. The molecule has 0 saturated heterocycles. The molecule has 0 aromatic carbocycles. The number of hydrogen-bond acceptors (Lipinski definition) is 7. The zero-order valence-electron chi connectivity index (χ0n) is 10.7. The molecule has 0 radical (unpaired) electrons. The van der Waals surface area contributed by atoms with Gasteiger partial charge in [0.15, 0.2) is 11.5 Å². The van der Waals surface area contributed by atoms with Gasteiger partial charge in [0.2, 0.25) is 11.8 Å². The van der Waals surface area contributed by atoms with E-state index in [0.717, 1.165) is 11.8 Å². The predicted octanol–water partition coefficient (Wildman–Crippen LogP) is 0.935. The SMILES string of the molecule is CCc1nc(CN(C)c2ncc3cn[nH]c3n2)no1. The summed E-state index contributed by atoms with van der Waals surface area (Å²) in [6.07, 6.45) is 4.14. The smallest absolute Gasteiger partial charge is 0.227 e. The van der Waals surface area contributed by atoms with Gasteiger partial charge in [-0.25, -0.2) is 4.98 Å². The van der Waals surface area contributed by atoms with Gasteiger partial charge in [-0.15, -0.1) is 0 Å². The molecule has 3 rings (SSSR count). The largest absolute Gasteiger partial charge is 0.339 e. The molecule has 0 unspecified atom stereocenters. The second-order valence-corrected chi connectivity index (χ2v) is 4.16. The van der Waals surface area contributed by atoms with E-state index in [2.05, 4.69) is 30.3 Å². The zero-order valence-corrected chi connectivity index (χ0v) is 10.7. The van der Waals surface area contributed by atoms with Crippen LogP contribution < -0.4 is 4.90 Å². The van der Waals surface area contributed by atoms with E-state index >= 15 is 0 Å². The fourth-order valence-corrected chi connectivity index (χ4v) is 1.69. The minimum atomic E-state index is 0.489. The van der Waals surface area contributed by atoms with Crippen LogP contribution in [0, 0.1) is 0 Å².